The van der Waals surface area contributed by atoms with Gasteiger partial charge in [-0.2, -0.15) is 0 Å². The van der Waals surface area contributed by atoms with Crippen LogP contribution in [-0.4, -0.2) is 31.8 Å². The normalized spacial score (nSPS) is 9.91. The molecular formula is C16H19N3O3. The molecule has 0 bridgehead atoms. The molecule has 0 fully saturated rings. The molecule has 22 heavy (non-hydrogen) atoms. The van der Waals surface area contributed by atoms with E-state index in [-0.39, 0.29) is 6.03 Å². The zero-order valence-corrected chi connectivity index (χ0v) is 12.6. The lowest BCUT2D eigenvalue weighted by Crippen LogP contribution is -2.30. The fraction of sp³-hybridized carbons (Fsp3) is 0.250. The van der Waals surface area contributed by atoms with E-state index in [1.54, 1.807) is 38.7 Å². The van der Waals surface area contributed by atoms with Gasteiger partial charge >= 0.3 is 6.03 Å². The summed E-state index contributed by atoms with van der Waals surface area (Å²) in [5.74, 6) is 1.37. The summed E-state index contributed by atoms with van der Waals surface area (Å²) in [6.07, 6.45) is 3.95. The average Bonchev–Trinajstić information content (AvgIpc) is 2.55. The van der Waals surface area contributed by atoms with Crippen molar-refractivity contribution in [2.24, 2.45) is 0 Å². The van der Waals surface area contributed by atoms with Crippen LogP contribution in [0.1, 0.15) is 5.56 Å². The van der Waals surface area contributed by atoms with Gasteiger partial charge in [0.15, 0.2) is 11.5 Å². The monoisotopic (exact) mass is 301 g/mol. The zero-order valence-electron chi connectivity index (χ0n) is 12.6. The maximum Gasteiger partial charge on any atom is 0.319 e. The molecule has 2 aromatic rings. The van der Waals surface area contributed by atoms with Gasteiger partial charge in [0.2, 0.25) is 0 Å². The Balaban J connectivity index is 1.82. The second-order valence-corrected chi connectivity index (χ2v) is 4.56. The van der Waals surface area contributed by atoms with Gasteiger partial charge in [0, 0.05) is 24.6 Å². The third-order valence-corrected chi connectivity index (χ3v) is 3.09. The highest BCUT2D eigenvalue weighted by Crippen LogP contribution is 2.27. The largest absolute Gasteiger partial charge is 0.493 e. The fourth-order valence-electron chi connectivity index (χ4n) is 1.97. The Morgan fingerprint density at radius 2 is 1.82 bits per heavy atom. The molecule has 2 N–H and O–H groups in total. The van der Waals surface area contributed by atoms with Crippen molar-refractivity contribution in [3.63, 3.8) is 0 Å². The summed E-state index contributed by atoms with van der Waals surface area (Å²) >= 11 is 0. The lowest BCUT2D eigenvalue weighted by Gasteiger charge is -2.10. The maximum atomic E-state index is 11.7. The molecule has 6 heteroatoms. The number of methoxy groups -OCH3 is 2. The van der Waals surface area contributed by atoms with Gasteiger partial charge in [0.25, 0.3) is 0 Å². The van der Waals surface area contributed by atoms with E-state index in [1.807, 2.05) is 18.2 Å². The average molecular weight is 301 g/mol. The van der Waals surface area contributed by atoms with E-state index in [4.69, 9.17) is 9.47 Å². The van der Waals surface area contributed by atoms with E-state index in [0.29, 0.717) is 30.2 Å². The number of aromatic nitrogens is 1. The van der Waals surface area contributed by atoms with Crippen molar-refractivity contribution in [3.8, 4) is 11.5 Å². The van der Waals surface area contributed by atoms with Crippen LogP contribution in [0.25, 0.3) is 0 Å². The Hall–Kier alpha value is -2.76. The van der Waals surface area contributed by atoms with E-state index in [1.165, 1.54) is 0 Å². The molecule has 0 radical (unpaired) electrons. The van der Waals surface area contributed by atoms with Gasteiger partial charge in [-0.15, -0.1) is 0 Å². The smallest absolute Gasteiger partial charge is 0.319 e. The Kier molecular flexibility index (Phi) is 5.59. The summed E-state index contributed by atoms with van der Waals surface area (Å²) in [4.78, 5) is 15.6. The van der Waals surface area contributed by atoms with Crippen molar-refractivity contribution in [2.45, 2.75) is 6.42 Å². The Morgan fingerprint density at radius 3 is 2.50 bits per heavy atom. The quantitative estimate of drug-likeness (QED) is 0.859. The summed E-state index contributed by atoms with van der Waals surface area (Å²) in [6.45, 7) is 0.520. The van der Waals surface area contributed by atoms with Gasteiger partial charge in [-0.3, -0.25) is 4.98 Å². The van der Waals surface area contributed by atoms with Crippen molar-refractivity contribution in [1.82, 2.24) is 10.3 Å². The van der Waals surface area contributed by atoms with Gasteiger partial charge < -0.3 is 20.1 Å². The number of rotatable bonds is 6. The molecule has 0 atom stereocenters. The molecule has 1 aromatic heterocycles. The topological polar surface area (TPSA) is 72.5 Å². The summed E-state index contributed by atoms with van der Waals surface area (Å²) in [6, 6.07) is 8.92. The van der Waals surface area contributed by atoms with Gasteiger partial charge in [-0.1, -0.05) is 6.07 Å². The number of hydrogen-bond acceptors (Lipinski definition) is 4. The molecule has 0 saturated heterocycles. The van der Waals surface area contributed by atoms with Gasteiger partial charge in [0.05, 0.1) is 14.2 Å². The van der Waals surface area contributed by atoms with Crippen LogP contribution in [-0.2, 0) is 6.42 Å². The lowest BCUT2D eigenvalue weighted by molar-refractivity contribution is 0.252. The standard InChI is InChI=1S/C16H19N3O3/c1-21-14-4-3-12(11-15(14)22-2)5-10-18-16(20)19-13-6-8-17-9-7-13/h3-4,6-9,11H,5,10H2,1-2H3,(H2,17,18,19,20). The van der Waals surface area contributed by atoms with Gasteiger partial charge in [-0.05, 0) is 36.2 Å². The van der Waals surface area contributed by atoms with Crippen LogP contribution < -0.4 is 20.1 Å². The molecule has 1 heterocycles. The Bertz CT molecular complexity index is 617. The van der Waals surface area contributed by atoms with Crippen LogP contribution in [0.2, 0.25) is 0 Å². The number of benzene rings is 1. The highest BCUT2D eigenvalue weighted by atomic mass is 16.5. The van der Waals surface area contributed by atoms with E-state index < -0.39 is 0 Å². The van der Waals surface area contributed by atoms with Crippen molar-refractivity contribution in [2.75, 3.05) is 26.1 Å². The number of amides is 2. The van der Waals surface area contributed by atoms with E-state index in [9.17, 15) is 4.79 Å². The van der Waals surface area contributed by atoms with E-state index in [0.717, 1.165) is 5.56 Å². The van der Waals surface area contributed by atoms with Crippen LogP contribution in [0.15, 0.2) is 42.7 Å². The first kappa shape index (κ1) is 15.6. The minimum atomic E-state index is -0.244. The van der Waals surface area contributed by atoms with Crippen LogP contribution in [0.5, 0.6) is 11.5 Å². The first-order valence-corrected chi connectivity index (χ1v) is 6.88. The highest BCUT2D eigenvalue weighted by molar-refractivity contribution is 5.89. The number of nitrogens with zero attached hydrogens (tertiary/aromatic N) is 1. The highest BCUT2D eigenvalue weighted by Gasteiger charge is 2.05. The molecular weight excluding hydrogens is 282 g/mol. The summed E-state index contributed by atoms with van der Waals surface area (Å²) in [5, 5.41) is 5.54. The molecule has 0 aliphatic carbocycles. The first-order valence-electron chi connectivity index (χ1n) is 6.88. The zero-order chi connectivity index (χ0) is 15.8. The SMILES string of the molecule is COc1ccc(CCNC(=O)Nc2ccncc2)cc1OC. The lowest BCUT2D eigenvalue weighted by atomic mass is 10.1. The Labute approximate surface area is 129 Å². The molecule has 0 aliphatic rings. The number of hydrogen-bond donors (Lipinski definition) is 2. The van der Waals surface area contributed by atoms with Crippen LogP contribution >= 0.6 is 0 Å². The van der Waals surface area contributed by atoms with Crippen molar-refractivity contribution in [1.29, 1.82) is 0 Å². The predicted molar refractivity (Wildman–Crippen MR) is 84.5 cm³/mol. The Morgan fingerprint density at radius 1 is 1.09 bits per heavy atom. The van der Waals surface area contributed by atoms with Crippen LogP contribution in [0.4, 0.5) is 10.5 Å². The molecule has 0 spiro atoms. The summed E-state index contributed by atoms with van der Waals surface area (Å²) in [5.41, 5.74) is 1.76. The first-order chi connectivity index (χ1) is 10.7. The van der Waals surface area contributed by atoms with E-state index in [2.05, 4.69) is 15.6 Å². The predicted octanol–water partition coefficient (Wildman–Crippen LogP) is 2.46. The van der Waals surface area contributed by atoms with Gasteiger partial charge in [-0.25, -0.2) is 4.79 Å². The van der Waals surface area contributed by atoms with Crippen LogP contribution in [0, 0.1) is 0 Å². The molecule has 0 unspecified atom stereocenters. The molecule has 116 valence electrons. The number of urea groups is 1. The minimum absolute atomic E-state index is 0.244. The number of nitrogens with one attached hydrogen (secondary N) is 2. The molecule has 0 saturated carbocycles. The number of ether oxygens (including phenoxy) is 2. The van der Waals surface area contributed by atoms with Crippen molar-refractivity contribution < 1.29 is 14.3 Å². The molecule has 2 amide bonds. The fourth-order valence-corrected chi connectivity index (χ4v) is 1.97. The molecule has 6 nitrogen and oxygen atoms in total. The molecule has 1 aromatic carbocycles. The van der Waals surface area contributed by atoms with Crippen molar-refractivity contribution >= 4 is 11.7 Å². The van der Waals surface area contributed by atoms with Crippen molar-refractivity contribution in [3.05, 3.63) is 48.3 Å². The molecule has 2 rings (SSSR count). The number of carbonyl (C=O) groups excluding carboxylic acids is 1. The number of carbonyl (C=O) groups is 1. The van der Waals surface area contributed by atoms with E-state index >= 15 is 0 Å². The number of pyridine rings is 1. The second-order valence-electron chi connectivity index (χ2n) is 4.56. The van der Waals surface area contributed by atoms with Crippen LogP contribution in [0.3, 0.4) is 0 Å². The maximum absolute atomic E-state index is 11.7. The molecule has 0 aliphatic heterocycles. The second kappa shape index (κ2) is 7.87. The third-order valence-electron chi connectivity index (χ3n) is 3.09. The summed E-state index contributed by atoms with van der Waals surface area (Å²) < 4.78 is 10.4. The number of anilines is 1. The minimum Gasteiger partial charge on any atom is -0.493 e. The third kappa shape index (κ3) is 4.37. The summed E-state index contributed by atoms with van der Waals surface area (Å²) in [7, 11) is 3.20. The van der Waals surface area contributed by atoms with Gasteiger partial charge in [0.1, 0.15) is 0 Å².